The van der Waals surface area contributed by atoms with Gasteiger partial charge in [-0.1, -0.05) is 18.2 Å². The predicted molar refractivity (Wildman–Crippen MR) is 55.5 cm³/mol. The van der Waals surface area contributed by atoms with Crippen molar-refractivity contribution in [3.63, 3.8) is 0 Å². The van der Waals surface area contributed by atoms with Gasteiger partial charge in [0.15, 0.2) is 0 Å². The number of nitrogens with one attached hydrogen (secondary N) is 1. The second-order valence-electron chi connectivity index (χ2n) is 3.23. The van der Waals surface area contributed by atoms with Gasteiger partial charge >= 0.3 is 0 Å². The molecule has 0 radical (unpaired) electrons. The molecule has 0 spiro atoms. The van der Waals surface area contributed by atoms with E-state index in [-0.39, 0.29) is 5.56 Å². The van der Waals surface area contributed by atoms with E-state index in [0.29, 0.717) is 0 Å². The number of fused-ring (bicyclic) bond motifs is 3. The highest BCUT2D eigenvalue weighted by Gasteiger charge is 2.02. The number of benzene rings is 1. The van der Waals surface area contributed by atoms with Crippen LogP contribution >= 0.6 is 0 Å². The fraction of sp³-hybridized carbons (Fsp3) is 0. The van der Waals surface area contributed by atoms with E-state index in [1.54, 1.807) is 16.5 Å². The zero-order valence-electron chi connectivity index (χ0n) is 7.40. The summed E-state index contributed by atoms with van der Waals surface area (Å²) in [5.74, 6) is 0. The van der Waals surface area contributed by atoms with E-state index in [9.17, 15) is 4.79 Å². The van der Waals surface area contributed by atoms with E-state index < -0.39 is 0 Å². The molecule has 3 aromatic rings. The molecule has 68 valence electrons. The molecule has 0 bridgehead atoms. The van der Waals surface area contributed by atoms with Crippen LogP contribution in [0, 0.1) is 0 Å². The Morgan fingerprint density at radius 1 is 1.00 bits per heavy atom. The molecule has 2 heterocycles. The molecule has 1 aromatic carbocycles. The minimum absolute atomic E-state index is 0.0000463. The number of hydrogen-bond donors (Lipinski definition) is 1. The smallest absolute Gasteiger partial charge is 0.256 e. The standard InChI is InChI=1S/C11H8N2O/c14-11-7-3-6-10-12-8-4-1-2-5-9(8)13(10)11/h1-7,12H. The summed E-state index contributed by atoms with van der Waals surface area (Å²) in [6.45, 7) is 0. The number of pyridine rings is 1. The third-order valence-corrected chi connectivity index (χ3v) is 2.36. The van der Waals surface area contributed by atoms with E-state index in [4.69, 9.17) is 0 Å². The maximum Gasteiger partial charge on any atom is 0.256 e. The summed E-state index contributed by atoms with van der Waals surface area (Å²) in [5, 5.41) is 0. The minimum Gasteiger partial charge on any atom is -0.340 e. The minimum atomic E-state index is -0.0000463. The van der Waals surface area contributed by atoms with Crippen LogP contribution in [0.4, 0.5) is 0 Å². The zero-order chi connectivity index (χ0) is 9.54. The van der Waals surface area contributed by atoms with Crippen molar-refractivity contribution in [2.45, 2.75) is 0 Å². The highest BCUT2D eigenvalue weighted by Crippen LogP contribution is 2.13. The molecule has 3 nitrogen and oxygen atoms in total. The van der Waals surface area contributed by atoms with Gasteiger partial charge < -0.3 is 4.98 Å². The van der Waals surface area contributed by atoms with Gasteiger partial charge in [0.2, 0.25) is 0 Å². The first kappa shape index (κ1) is 7.38. The van der Waals surface area contributed by atoms with Gasteiger partial charge in [-0.15, -0.1) is 0 Å². The molecule has 1 N–H and O–H groups in total. The maximum absolute atomic E-state index is 11.6. The number of para-hydroxylation sites is 2. The molecule has 0 aliphatic rings. The molecule has 2 aromatic heterocycles. The molecule has 3 rings (SSSR count). The van der Waals surface area contributed by atoms with Gasteiger partial charge in [0.25, 0.3) is 5.56 Å². The molecule has 14 heavy (non-hydrogen) atoms. The lowest BCUT2D eigenvalue weighted by Crippen LogP contribution is -2.09. The fourth-order valence-electron chi connectivity index (χ4n) is 1.75. The molecule has 0 fully saturated rings. The predicted octanol–water partition coefficient (Wildman–Crippen LogP) is 1.78. The van der Waals surface area contributed by atoms with Crippen molar-refractivity contribution in [1.29, 1.82) is 0 Å². The van der Waals surface area contributed by atoms with Crippen molar-refractivity contribution < 1.29 is 0 Å². The zero-order valence-corrected chi connectivity index (χ0v) is 7.40. The number of hydrogen-bond acceptors (Lipinski definition) is 1. The van der Waals surface area contributed by atoms with Crippen LogP contribution in [0.2, 0.25) is 0 Å². The van der Waals surface area contributed by atoms with E-state index in [1.165, 1.54) is 0 Å². The highest BCUT2D eigenvalue weighted by atomic mass is 16.1. The van der Waals surface area contributed by atoms with E-state index in [2.05, 4.69) is 4.98 Å². The summed E-state index contributed by atoms with van der Waals surface area (Å²) in [6.07, 6.45) is 0. The molecule has 0 aliphatic heterocycles. The van der Waals surface area contributed by atoms with Crippen LogP contribution in [-0.2, 0) is 0 Å². The van der Waals surface area contributed by atoms with Gasteiger partial charge in [0, 0.05) is 6.07 Å². The quantitative estimate of drug-likeness (QED) is 0.568. The maximum atomic E-state index is 11.6. The molecule has 0 aliphatic carbocycles. The van der Waals surface area contributed by atoms with Gasteiger partial charge in [-0.25, -0.2) is 0 Å². The SMILES string of the molecule is O=c1cccc2[nH]c3ccccc3n12. The van der Waals surface area contributed by atoms with Crippen LogP contribution in [0.3, 0.4) is 0 Å². The lowest BCUT2D eigenvalue weighted by Gasteiger charge is -1.91. The van der Waals surface area contributed by atoms with E-state index in [0.717, 1.165) is 16.7 Å². The summed E-state index contributed by atoms with van der Waals surface area (Å²) in [5.41, 5.74) is 2.74. The third kappa shape index (κ3) is 0.836. The Morgan fingerprint density at radius 3 is 2.79 bits per heavy atom. The summed E-state index contributed by atoms with van der Waals surface area (Å²) >= 11 is 0. The molecular weight excluding hydrogens is 176 g/mol. The van der Waals surface area contributed by atoms with Gasteiger partial charge in [0.05, 0.1) is 11.0 Å². The third-order valence-electron chi connectivity index (χ3n) is 2.36. The Morgan fingerprint density at radius 2 is 1.86 bits per heavy atom. The Bertz CT molecular complexity index is 663. The van der Waals surface area contributed by atoms with Crippen molar-refractivity contribution in [1.82, 2.24) is 9.38 Å². The largest absolute Gasteiger partial charge is 0.340 e. The Balaban J connectivity index is 2.73. The fourth-order valence-corrected chi connectivity index (χ4v) is 1.75. The summed E-state index contributed by atoms with van der Waals surface area (Å²) in [4.78, 5) is 14.8. The van der Waals surface area contributed by atoms with Crippen molar-refractivity contribution in [3.05, 3.63) is 52.8 Å². The van der Waals surface area contributed by atoms with Crippen LogP contribution in [0.25, 0.3) is 16.7 Å². The normalized spacial score (nSPS) is 11.1. The van der Waals surface area contributed by atoms with Gasteiger partial charge in [-0.05, 0) is 18.2 Å². The molecule has 0 amide bonds. The van der Waals surface area contributed by atoms with Crippen LogP contribution in [0.1, 0.15) is 0 Å². The molecule has 3 heteroatoms. The van der Waals surface area contributed by atoms with Crippen molar-refractivity contribution in [2.24, 2.45) is 0 Å². The monoisotopic (exact) mass is 184 g/mol. The first-order chi connectivity index (χ1) is 6.86. The average Bonchev–Trinajstić information content (AvgIpc) is 2.57. The van der Waals surface area contributed by atoms with Gasteiger partial charge in [-0.2, -0.15) is 0 Å². The number of aromatic nitrogens is 2. The molecule has 0 saturated carbocycles. The molecule has 0 saturated heterocycles. The van der Waals surface area contributed by atoms with Gasteiger partial charge in [0.1, 0.15) is 5.65 Å². The number of aromatic amines is 1. The number of rotatable bonds is 0. The molecular formula is C11H8N2O. The van der Waals surface area contributed by atoms with Crippen LogP contribution in [0.5, 0.6) is 0 Å². The highest BCUT2D eigenvalue weighted by molar-refractivity contribution is 5.80. The molecule has 0 atom stereocenters. The lowest BCUT2D eigenvalue weighted by atomic mass is 10.3. The summed E-state index contributed by atoms with van der Waals surface area (Å²) in [6, 6.07) is 13.0. The van der Waals surface area contributed by atoms with Crippen LogP contribution < -0.4 is 5.56 Å². The Labute approximate surface area is 79.6 Å². The second-order valence-corrected chi connectivity index (χ2v) is 3.23. The second kappa shape index (κ2) is 2.48. The topological polar surface area (TPSA) is 37.3 Å². The Hall–Kier alpha value is -2.03. The first-order valence-electron chi connectivity index (χ1n) is 4.45. The van der Waals surface area contributed by atoms with Crippen molar-refractivity contribution in [3.8, 4) is 0 Å². The summed E-state index contributed by atoms with van der Waals surface area (Å²) < 4.78 is 1.68. The number of H-pyrrole nitrogens is 1. The van der Waals surface area contributed by atoms with Crippen LogP contribution in [-0.4, -0.2) is 9.38 Å². The first-order valence-corrected chi connectivity index (χ1v) is 4.45. The van der Waals surface area contributed by atoms with Crippen molar-refractivity contribution >= 4 is 16.7 Å². The van der Waals surface area contributed by atoms with Gasteiger partial charge in [-0.3, -0.25) is 9.20 Å². The molecule has 0 unspecified atom stereocenters. The van der Waals surface area contributed by atoms with E-state index in [1.807, 2.05) is 30.3 Å². The van der Waals surface area contributed by atoms with Crippen molar-refractivity contribution in [2.75, 3.05) is 0 Å². The Kier molecular flexibility index (Phi) is 1.31. The number of imidazole rings is 1. The lowest BCUT2D eigenvalue weighted by molar-refractivity contribution is 1.15. The van der Waals surface area contributed by atoms with E-state index >= 15 is 0 Å². The average molecular weight is 184 g/mol. The summed E-state index contributed by atoms with van der Waals surface area (Å²) in [7, 11) is 0. The van der Waals surface area contributed by atoms with Crippen LogP contribution in [0.15, 0.2) is 47.3 Å². The number of nitrogens with zero attached hydrogens (tertiary/aromatic N) is 1.